The Morgan fingerprint density at radius 2 is 2.14 bits per heavy atom. The fraction of sp³-hybridized carbons (Fsp3) is 0.364. The molecule has 2 aromatic rings. The molecule has 3 heteroatoms. The highest BCUT2D eigenvalue weighted by molar-refractivity contribution is 6.30. The standard InChI is InChI=1S/C11H11ClN2/c1-11(4-5-11)9-7-14-6-8(12)2-3-10(14)13-9/h2-3,6-7H,4-5H2,1H3. The van der Waals surface area contributed by atoms with Crippen LogP contribution >= 0.6 is 11.6 Å². The summed E-state index contributed by atoms with van der Waals surface area (Å²) < 4.78 is 2.00. The monoisotopic (exact) mass is 206 g/mol. The van der Waals surface area contributed by atoms with Crippen LogP contribution in [-0.2, 0) is 5.41 Å². The van der Waals surface area contributed by atoms with E-state index >= 15 is 0 Å². The number of rotatable bonds is 1. The summed E-state index contributed by atoms with van der Waals surface area (Å²) in [4.78, 5) is 4.59. The second kappa shape index (κ2) is 2.51. The van der Waals surface area contributed by atoms with Gasteiger partial charge in [-0.3, -0.25) is 0 Å². The summed E-state index contributed by atoms with van der Waals surface area (Å²) in [5.41, 5.74) is 2.51. The van der Waals surface area contributed by atoms with Crippen LogP contribution in [0.3, 0.4) is 0 Å². The van der Waals surface area contributed by atoms with Crippen molar-refractivity contribution in [2.75, 3.05) is 0 Å². The van der Waals surface area contributed by atoms with Crippen LogP contribution in [0.4, 0.5) is 0 Å². The van der Waals surface area contributed by atoms with Gasteiger partial charge in [-0.25, -0.2) is 4.98 Å². The third-order valence-electron chi connectivity index (χ3n) is 3.03. The Hall–Kier alpha value is -1.02. The summed E-state index contributed by atoms with van der Waals surface area (Å²) in [7, 11) is 0. The minimum absolute atomic E-state index is 0.332. The van der Waals surface area contributed by atoms with E-state index in [0.717, 1.165) is 10.7 Å². The van der Waals surface area contributed by atoms with Crippen molar-refractivity contribution in [1.82, 2.24) is 9.38 Å². The summed E-state index contributed by atoms with van der Waals surface area (Å²) in [6, 6.07) is 3.83. The lowest BCUT2D eigenvalue weighted by atomic mass is 10.1. The van der Waals surface area contributed by atoms with Gasteiger partial charge in [-0.2, -0.15) is 0 Å². The third-order valence-corrected chi connectivity index (χ3v) is 3.26. The summed E-state index contributed by atoms with van der Waals surface area (Å²) >= 11 is 5.91. The highest BCUT2D eigenvalue weighted by Crippen LogP contribution is 2.46. The average molecular weight is 207 g/mol. The largest absolute Gasteiger partial charge is 0.305 e. The van der Waals surface area contributed by atoms with Crippen LogP contribution in [0, 0.1) is 0 Å². The van der Waals surface area contributed by atoms with Crippen molar-refractivity contribution >= 4 is 17.2 Å². The number of halogens is 1. The molecule has 2 aromatic heterocycles. The Morgan fingerprint density at radius 3 is 2.86 bits per heavy atom. The summed E-state index contributed by atoms with van der Waals surface area (Å²) in [5, 5.41) is 0.752. The SMILES string of the molecule is CC1(c2cn3cc(Cl)ccc3n2)CC1. The smallest absolute Gasteiger partial charge is 0.137 e. The molecule has 1 fully saturated rings. The molecule has 1 saturated carbocycles. The van der Waals surface area contributed by atoms with Gasteiger partial charge in [-0.1, -0.05) is 18.5 Å². The van der Waals surface area contributed by atoms with E-state index in [1.807, 2.05) is 22.7 Å². The Balaban J connectivity index is 2.20. The molecule has 2 heterocycles. The van der Waals surface area contributed by atoms with Crippen molar-refractivity contribution in [2.24, 2.45) is 0 Å². The van der Waals surface area contributed by atoms with E-state index in [0.29, 0.717) is 5.41 Å². The van der Waals surface area contributed by atoms with Crippen LogP contribution in [0.25, 0.3) is 5.65 Å². The van der Waals surface area contributed by atoms with Crippen molar-refractivity contribution in [1.29, 1.82) is 0 Å². The van der Waals surface area contributed by atoms with Crippen LogP contribution in [0.5, 0.6) is 0 Å². The average Bonchev–Trinajstić information content (AvgIpc) is 2.77. The summed E-state index contributed by atoms with van der Waals surface area (Å²) in [6.07, 6.45) is 6.50. The molecule has 1 aliphatic carbocycles. The first kappa shape index (κ1) is 8.30. The molecule has 0 saturated heterocycles. The molecular formula is C11H11ClN2. The number of hydrogen-bond donors (Lipinski definition) is 0. The molecule has 14 heavy (non-hydrogen) atoms. The topological polar surface area (TPSA) is 17.3 Å². The molecule has 0 unspecified atom stereocenters. The molecule has 0 amide bonds. The highest BCUT2D eigenvalue weighted by Gasteiger charge is 2.41. The first-order valence-corrected chi connectivity index (χ1v) is 5.20. The molecule has 0 atom stereocenters. The zero-order valence-electron chi connectivity index (χ0n) is 8.00. The summed E-state index contributed by atoms with van der Waals surface area (Å²) in [6.45, 7) is 2.26. The molecular weight excluding hydrogens is 196 g/mol. The zero-order chi connectivity index (χ0) is 9.76. The van der Waals surface area contributed by atoms with Crippen LogP contribution in [0.15, 0.2) is 24.5 Å². The van der Waals surface area contributed by atoms with Gasteiger partial charge in [0.15, 0.2) is 0 Å². The maximum Gasteiger partial charge on any atom is 0.137 e. The third kappa shape index (κ3) is 1.14. The Morgan fingerprint density at radius 1 is 1.36 bits per heavy atom. The zero-order valence-corrected chi connectivity index (χ0v) is 8.75. The van der Waals surface area contributed by atoms with Crippen LogP contribution in [-0.4, -0.2) is 9.38 Å². The van der Waals surface area contributed by atoms with Crippen LogP contribution < -0.4 is 0 Å². The number of fused-ring (bicyclic) bond motifs is 1. The molecule has 0 spiro atoms. The van der Waals surface area contributed by atoms with E-state index in [1.54, 1.807) is 0 Å². The van der Waals surface area contributed by atoms with Crippen molar-refractivity contribution in [2.45, 2.75) is 25.2 Å². The maximum atomic E-state index is 5.91. The molecule has 3 rings (SSSR count). The Kier molecular flexibility index (Phi) is 1.49. The fourth-order valence-electron chi connectivity index (χ4n) is 1.70. The molecule has 0 bridgehead atoms. The maximum absolute atomic E-state index is 5.91. The second-order valence-corrected chi connectivity index (χ2v) is 4.74. The van der Waals surface area contributed by atoms with Gasteiger partial charge in [0, 0.05) is 17.8 Å². The molecule has 1 aliphatic rings. The fourth-order valence-corrected chi connectivity index (χ4v) is 1.87. The van der Waals surface area contributed by atoms with Gasteiger partial charge < -0.3 is 4.40 Å². The first-order valence-electron chi connectivity index (χ1n) is 4.82. The van der Waals surface area contributed by atoms with E-state index in [1.165, 1.54) is 18.5 Å². The first-order chi connectivity index (χ1) is 6.67. The Bertz CT molecular complexity index is 497. The van der Waals surface area contributed by atoms with Gasteiger partial charge >= 0.3 is 0 Å². The molecule has 0 aromatic carbocycles. The quantitative estimate of drug-likeness (QED) is 0.701. The van der Waals surface area contributed by atoms with E-state index in [9.17, 15) is 0 Å². The summed E-state index contributed by atoms with van der Waals surface area (Å²) in [5.74, 6) is 0. The number of aromatic nitrogens is 2. The second-order valence-electron chi connectivity index (χ2n) is 4.30. The molecule has 72 valence electrons. The molecule has 0 aliphatic heterocycles. The number of imidazole rings is 1. The van der Waals surface area contributed by atoms with Gasteiger partial charge in [0.2, 0.25) is 0 Å². The van der Waals surface area contributed by atoms with Gasteiger partial charge in [0.25, 0.3) is 0 Å². The predicted molar refractivity (Wildman–Crippen MR) is 56.8 cm³/mol. The van der Waals surface area contributed by atoms with Gasteiger partial charge in [-0.05, 0) is 25.0 Å². The highest BCUT2D eigenvalue weighted by atomic mass is 35.5. The predicted octanol–water partition coefficient (Wildman–Crippen LogP) is 3.04. The molecule has 0 radical (unpaired) electrons. The van der Waals surface area contributed by atoms with Crippen molar-refractivity contribution < 1.29 is 0 Å². The normalized spacial score (nSPS) is 18.7. The lowest BCUT2D eigenvalue weighted by Crippen LogP contribution is -1.98. The minimum atomic E-state index is 0.332. The van der Waals surface area contributed by atoms with Crippen LogP contribution in [0.1, 0.15) is 25.5 Å². The van der Waals surface area contributed by atoms with Crippen LogP contribution in [0.2, 0.25) is 5.02 Å². The van der Waals surface area contributed by atoms with Gasteiger partial charge in [-0.15, -0.1) is 0 Å². The van der Waals surface area contributed by atoms with Gasteiger partial charge in [0.05, 0.1) is 10.7 Å². The van der Waals surface area contributed by atoms with E-state index < -0.39 is 0 Å². The lowest BCUT2D eigenvalue weighted by molar-refractivity contribution is 0.759. The van der Waals surface area contributed by atoms with Crippen molar-refractivity contribution in [3.8, 4) is 0 Å². The van der Waals surface area contributed by atoms with Crippen molar-refractivity contribution in [3.05, 3.63) is 35.2 Å². The Labute approximate surface area is 87.5 Å². The number of hydrogen-bond acceptors (Lipinski definition) is 1. The molecule has 0 N–H and O–H groups in total. The van der Waals surface area contributed by atoms with Gasteiger partial charge in [0.1, 0.15) is 5.65 Å². The van der Waals surface area contributed by atoms with E-state index in [2.05, 4.69) is 18.1 Å². The number of pyridine rings is 1. The van der Waals surface area contributed by atoms with E-state index in [4.69, 9.17) is 11.6 Å². The minimum Gasteiger partial charge on any atom is -0.305 e. The number of nitrogens with zero attached hydrogens (tertiary/aromatic N) is 2. The molecule has 2 nitrogen and oxygen atoms in total. The van der Waals surface area contributed by atoms with E-state index in [-0.39, 0.29) is 0 Å². The lowest BCUT2D eigenvalue weighted by Gasteiger charge is -1.99. The van der Waals surface area contributed by atoms with Crippen molar-refractivity contribution in [3.63, 3.8) is 0 Å².